The van der Waals surface area contributed by atoms with Gasteiger partial charge in [0.25, 0.3) is 0 Å². The average Bonchev–Trinajstić information content (AvgIpc) is 2.35. The van der Waals surface area contributed by atoms with E-state index in [9.17, 15) is 0 Å². The van der Waals surface area contributed by atoms with E-state index in [4.69, 9.17) is 4.74 Å². The fourth-order valence-corrected chi connectivity index (χ4v) is 2.57. The molecule has 1 fully saturated rings. The molecule has 0 aromatic heterocycles. The van der Waals surface area contributed by atoms with Gasteiger partial charge in [-0.15, -0.1) is 0 Å². The van der Waals surface area contributed by atoms with E-state index in [2.05, 4.69) is 19.2 Å². The summed E-state index contributed by atoms with van der Waals surface area (Å²) in [5.74, 6) is 0.858. The maximum atomic E-state index is 5.45. The lowest BCUT2D eigenvalue weighted by Crippen LogP contribution is -2.39. The van der Waals surface area contributed by atoms with E-state index in [1.807, 2.05) is 0 Å². The minimum atomic E-state index is 0.746. The van der Waals surface area contributed by atoms with Crippen molar-refractivity contribution in [1.29, 1.82) is 0 Å². The van der Waals surface area contributed by atoms with Gasteiger partial charge in [-0.1, -0.05) is 33.1 Å². The number of nitrogens with one attached hydrogen (secondary N) is 1. The minimum absolute atomic E-state index is 0.746. The summed E-state index contributed by atoms with van der Waals surface area (Å²) >= 11 is 0. The van der Waals surface area contributed by atoms with Crippen LogP contribution >= 0.6 is 0 Å². The van der Waals surface area contributed by atoms with Crippen molar-refractivity contribution >= 4 is 0 Å². The van der Waals surface area contributed by atoms with E-state index in [0.29, 0.717) is 0 Å². The Morgan fingerprint density at radius 3 is 2.50 bits per heavy atom. The standard InChI is InChI=1S/C14H29NO/c1-3-5-6-7-14(15-10-4-2)13-8-11-16-12-9-13/h13-15H,3-12H2,1-2H3. The predicted octanol–water partition coefficient (Wildman–Crippen LogP) is 3.36. The Labute approximate surface area is 101 Å². The molecule has 1 N–H and O–H groups in total. The molecule has 2 heteroatoms. The molecule has 0 aromatic rings. The molecule has 0 aliphatic carbocycles. The van der Waals surface area contributed by atoms with Gasteiger partial charge in [-0.25, -0.2) is 0 Å². The smallest absolute Gasteiger partial charge is 0.0469 e. The fraction of sp³-hybridized carbons (Fsp3) is 1.00. The summed E-state index contributed by atoms with van der Waals surface area (Å²) in [6.07, 6.45) is 9.21. The van der Waals surface area contributed by atoms with E-state index in [1.165, 1.54) is 51.5 Å². The zero-order chi connectivity index (χ0) is 11.6. The summed E-state index contributed by atoms with van der Waals surface area (Å²) in [5.41, 5.74) is 0. The Morgan fingerprint density at radius 2 is 1.88 bits per heavy atom. The van der Waals surface area contributed by atoms with Crippen molar-refractivity contribution in [2.75, 3.05) is 19.8 Å². The number of ether oxygens (including phenoxy) is 1. The molecule has 0 radical (unpaired) electrons. The third kappa shape index (κ3) is 5.31. The van der Waals surface area contributed by atoms with Crippen LogP contribution in [0.5, 0.6) is 0 Å². The Kier molecular flexibility index (Phi) is 7.87. The molecule has 1 saturated heterocycles. The van der Waals surface area contributed by atoms with E-state index >= 15 is 0 Å². The lowest BCUT2D eigenvalue weighted by Gasteiger charge is -2.31. The van der Waals surface area contributed by atoms with Crippen molar-refractivity contribution in [2.24, 2.45) is 5.92 Å². The molecule has 1 unspecified atom stereocenters. The summed E-state index contributed by atoms with van der Waals surface area (Å²) in [4.78, 5) is 0. The second-order valence-electron chi connectivity index (χ2n) is 5.01. The highest BCUT2D eigenvalue weighted by atomic mass is 16.5. The van der Waals surface area contributed by atoms with Crippen LogP contribution in [0.25, 0.3) is 0 Å². The van der Waals surface area contributed by atoms with Crippen LogP contribution in [-0.2, 0) is 4.74 Å². The van der Waals surface area contributed by atoms with Gasteiger partial charge < -0.3 is 10.1 Å². The number of hydrogen-bond donors (Lipinski definition) is 1. The predicted molar refractivity (Wildman–Crippen MR) is 69.8 cm³/mol. The summed E-state index contributed by atoms with van der Waals surface area (Å²) in [5, 5.41) is 3.74. The first-order chi connectivity index (χ1) is 7.88. The largest absolute Gasteiger partial charge is 0.381 e. The van der Waals surface area contributed by atoms with Gasteiger partial charge in [0, 0.05) is 19.3 Å². The molecular weight excluding hydrogens is 198 g/mol. The first-order valence-corrected chi connectivity index (χ1v) is 7.19. The van der Waals surface area contributed by atoms with Gasteiger partial charge in [0.2, 0.25) is 0 Å². The second kappa shape index (κ2) is 9.00. The second-order valence-corrected chi connectivity index (χ2v) is 5.01. The molecule has 1 rings (SSSR count). The molecule has 2 nitrogen and oxygen atoms in total. The molecule has 0 saturated carbocycles. The summed E-state index contributed by atoms with van der Waals surface area (Å²) < 4.78 is 5.45. The molecule has 0 bridgehead atoms. The molecular formula is C14H29NO. The highest BCUT2D eigenvalue weighted by Gasteiger charge is 2.22. The molecule has 0 aromatic carbocycles. The van der Waals surface area contributed by atoms with Crippen molar-refractivity contribution in [3.8, 4) is 0 Å². The zero-order valence-electron chi connectivity index (χ0n) is 11.1. The Morgan fingerprint density at radius 1 is 1.12 bits per heavy atom. The van der Waals surface area contributed by atoms with Gasteiger partial charge in [-0.2, -0.15) is 0 Å². The van der Waals surface area contributed by atoms with Crippen LogP contribution in [0.2, 0.25) is 0 Å². The minimum Gasteiger partial charge on any atom is -0.381 e. The van der Waals surface area contributed by atoms with Crippen molar-refractivity contribution in [3.63, 3.8) is 0 Å². The Bertz CT molecular complexity index is 155. The normalized spacial score (nSPS) is 19.9. The first-order valence-electron chi connectivity index (χ1n) is 7.19. The van der Waals surface area contributed by atoms with Gasteiger partial charge in [0.05, 0.1) is 0 Å². The molecule has 1 aliphatic rings. The van der Waals surface area contributed by atoms with E-state index < -0.39 is 0 Å². The van der Waals surface area contributed by atoms with Crippen molar-refractivity contribution in [1.82, 2.24) is 5.32 Å². The number of unbranched alkanes of at least 4 members (excludes halogenated alkanes) is 2. The van der Waals surface area contributed by atoms with E-state index in [0.717, 1.165) is 25.2 Å². The van der Waals surface area contributed by atoms with Crippen LogP contribution in [0.1, 0.15) is 58.8 Å². The van der Waals surface area contributed by atoms with E-state index in [-0.39, 0.29) is 0 Å². The van der Waals surface area contributed by atoms with Gasteiger partial charge in [-0.3, -0.25) is 0 Å². The van der Waals surface area contributed by atoms with Gasteiger partial charge in [-0.05, 0) is 38.1 Å². The van der Waals surface area contributed by atoms with Crippen LogP contribution in [0.4, 0.5) is 0 Å². The maximum absolute atomic E-state index is 5.45. The fourth-order valence-electron chi connectivity index (χ4n) is 2.57. The van der Waals surface area contributed by atoms with Crippen LogP contribution < -0.4 is 5.32 Å². The zero-order valence-corrected chi connectivity index (χ0v) is 11.1. The van der Waals surface area contributed by atoms with Crippen LogP contribution in [0, 0.1) is 5.92 Å². The summed E-state index contributed by atoms with van der Waals surface area (Å²) in [6, 6.07) is 0.746. The molecule has 16 heavy (non-hydrogen) atoms. The Hall–Kier alpha value is -0.0800. The lowest BCUT2D eigenvalue weighted by atomic mass is 9.88. The maximum Gasteiger partial charge on any atom is 0.0469 e. The number of rotatable bonds is 8. The van der Waals surface area contributed by atoms with Crippen molar-refractivity contribution in [3.05, 3.63) is 0 Å². The molecule has 0 amide bonds. The van der Waals surface area contributed by atoms with Crippen LogP contribution in [0.3, 0.4) is 0 Å². The first kappa shape index (κ1) is 14.0. The SMILES string of the molecule is CCCCCC(NCCC)C1CCOCC1. The highest BCUT2D eigenvalue weighted by Crippen LogP contribution is 2.22. The molecule has 96 valence electrons. The molecule has 0 spiro atoms. The van der Waals surface area contributed by atoms with Crippen molar-refractivity contribution in [2.45, 2.75) is 64.8 Å². The van der Waals surface area contributed by atoms with Gasteiger partial charge >= 0.3 is 0 Å². The third-order valence-electron chi connectivity index (χ3n) is 3.61. The van der Waals surface area contributed by atoms with Crippen molar-refractivity contribution < 1.29 is 4.74 Å². The van der Waals surface area contributed by atoms with Crippen LogP contribution in [0.15, 0.2) is 0 Å². The topological polar surface area (TPSA) is 21.3 Å². The monoisotopic (exact) mass is 227 g/mol. The molecule has 1 aliphatic heterocycles. The average molecular weight is 227 g/mol. The lowest BCUT2D eigenvalue weighted by molar-refractivity contribution is 0.0522. The van der Waals surface area contributed by atoms with E-state index in [1.54, 1.807) is 0 Å². The van der Waals surface area contributed by atoms with Gasteiger partial charge in [0.1, 0.15) is 0 Å². The Balaban J connectivity index is 2.28. The molecule has 1 atom stereocenters. The number of hydrogen-bond acceptors (Lipinski definition) is 2. The van der Waals surface area contributed by atoms with Gasteiger partial charge in [0.15, 0.2) is 0 Å². The summed E-state index contributed by atoms with van der Waals surface area (Å²) in [6.45, 7) is 7.66. The third-order valence-corrected chi connectivity index (χ3v) is 3.61. The van der Waals surface area contributed by atoms with Crippen LogP contribution in [-0.4, -0.2) is 25.8 Å². The summed E-state index contributed by atoms with van der Waals surface area (Å²) in [7, 11) is 0. The molecule has 1 heterocycles. The highest BCUT2D eigenvalue weighted by molar-refractivity contribution is 4.78. The quantitative estimate of drug-likeness (QED) is 0.642.